The fraction of sp³-hybridized carbons (Fsp3) is 0.133. The molecule has 0 atom stereocenters. The molecule has 0 aliphatic heterocycles. The zero-order chi connectivity index (χ0) is 14.4. The molecule has 0 amide bonds. The fourth-order valence-electron chi connectivity index (χ4n) is 1.59. The van der Waals surface area contributed by atoms with Crippen molar-refractivity contribution >= 4 is 5.97 Å². The Morgan fingerprint density at radius 1 is 1.35 bits per heavy atom. The molecule has 20 heavy (non-hydrogen) atoms. The number of hydrogen-bond acceptors (Lipinski definition) is 5. The predicted octanol–water partition coefficient (Wildman–Crippen LogP) is 2.57. The van der Waals surface area contributed by atoms with Crippen molar-refractivity contribution in [2.24, 2.45) is 0 Å². The first kappa shape index (κ1) is 13.6. The Hall–Kier alpha value is -2.87. The van der Waals surface area contributed by atoms with Crippen LogP contribution >= 0.6 is 0 Å². The summed E-state index contributed by atoms with van der Waals surface area (Å²) in [5.41, 5.74) is 0.670. The van der Waals surface area contributed by atoms with Crippen LogP contribution in [0.1, 0.15) is 22.8 Å². The van der Waals surface area contributed by atoms with E-state index in [9.17, 15) is 4.79 Å². The van der Waals surface area contributed by atoms with E-state index in [1.165, 1.54) is 12.3 Å². The first-order valence-electron chi connectivity index (χ1n) is 6.04. The number of nitriles is 1. The summed E-state index contributed by atoms with van der Waals surface area (Å²) in [6, 6.07) is 11.6. The van der Waals surface area contributed by atoms with Crippen LogP contribution in [0.15, 0.2) is 42.6 Å². The van der Waals surface area contributed by atoms with Crippen LogP contribution in [0.2, 0.25) is 0 Å². The second-order valence-electron chi connectivity index (χ2n) is 3.82. The molecule has 0 radical (unpaired) electrons. The minimum Gasteiger partial charge on any atom is -0.477 e. The van der Waals surface area contributed by atoms with Gasteiger partial charge in [-0.15, -0.1) is 0 Å². The van der Waals surface area contributed by atoms with Gasteiger partial charge in [-0.1, -0.05) is 6.07 Å². The third-order valence-corrected chi connectivity index (χ3v) is 2.45. The molecule has 1 aromatic carbocycles. The van der Waals surface area contributed by atoms with Gasteiger partial charge in [0.1, 0.15) is 11.3 Å². The van der Waals surface area contributed by atoms with E-state index in [1.54, 1.807) is 37.3 Å². The summed E-state index contributed by atoms with van der Waals surface area (Å²) in [5.74, 6) is -0.0339. The average molecular weight is 268 g/mol. The normalized spacial score (nSPS) is 9.60. The first-order chi connectivity index (χ1) is 9.74. The van der Waals surface area contributed by atoms with Crippen LogP contribution in [0.25, 0.3) is 0 Å². The van der Waals surface area contributed by atoms with E-state index >= 15 is 0 Å². The second-order valence-corrected chi connectivity index (χ2v) is 3.82. The highest BCUT2D eigenvalue weighted by Gasteiger charge is 2.15. The number of nitrogens with zero attached hydrogens (tertiary/aromatic N) is 2. The molecule has 2 aromatic rings. The van der Waals surface area contributed by atoms with E-state index in [-0.39, 0.29) is 11.4 Å². The molecule has 0 aliphatic carbocycles. The van der Waals surface area contributed by atoms with Gasteiger partial charge in [0.15, 0.2) is 0 Å². The molecule has 100 valence electrons. The zero-order valence-electron chi connectivity index (χ0n) is 10.9. The van der Waals surface area contributed by atoms with Crippen molar-refractivity contribution in [3.8, 4) is 17.7 Å². The lowest BCUT2D eigenvalue weighted by molar-refractivity contribution is 0.0729. The largest absolute Gasteiger partial charge is 0.477 e. The molecule has 5 nitrogen and oxygen atoms in total. The van der Waals surface area contributed by atoms with E-state index in [4.69, 9.17) is 14.7 Å². The number of ether oxygens (including phenoxy) is 2. The number of rotatable bonds is 4. The summed E-state index contributed by atoms with van der Waals surface area (Å²) < 4.78 is 10.5. The molecule has 0 bridgehead atoms. The molecule has 0 spiro atoms. The molecule has 1 aromatic heterocycles. The lowest BCUT2D eigenvalue weighted by atomic mass is 10.2. The molecule has 1 heterocycles. The van der Waals surface area contributed by atoms with Crippen LogP contribution in [-0.4, -0.2) is 17.6 Å². The SMILES string of the molecule is CCOc1ncccc1C(=O)Oc1cccc(C#N)c1. The topological polar surface area (TPSA) is 72.2 Å². The Balaban J connectivity index is 2.22. The Labute approximate surface area is 116 Å². The van der Waals surface area contributed by atoms with Crippen LogP contribution in [-0.2, 0) is 0 Å². The molecule has 2 rings (SSSR count). The summed E-state index contributed by atoms with van der Waals surface area (Å²) in [4.78, 5) is 16.1. The summed E-state index contributed by atoms with van der Waals surface area (Å²) in [5, 5.41) is 8.81. The van der Waals surface area contributed by atoms with Gasteiger partial charge in [0.05, 0.1) is 18.2 Å². The highest BCUT2D eigenvalue weighted by Crippen LogP contribution is 2.19. The van der Waals surface area contributed by atoms with Gasteiger partial charge < -0.3 is 9.47 Å². The minimum atomic E-state index is -0.573. The van der Waals surface area contributed by atoms with Gasteiger partial charge in [0, 0.05) is 6.20 Å². The van der Waals surface area contributed by atoms with Crippen molar-refractivity contribution in [3.63, 3.8) is 0 Å². The number of benzene rings is 1. The van der Waals surface area contributed by atoms with Gasteiger partial charge >= 0.3 is 5.97 Å². The van der Waals surface area contributed by atoms with E-state index in [0.717, 1.165) is 0 Å². The standard InChI is InChI=1S/C15H12N2O3/c1-2-19-14-13(7-4-8-17-14)15(18)20-12-6-3-5-11(9-12)10-16/h3-9H,2H2,1H3. The van der Waals surface area contributed by atoms with Gasteiger partial charge in [0.25, 0.3) is 0 Å². The molecule has 0 saturated heterocycles. The smallest absolute Gasteiger partial charge is 0.349 e. The van der Waals surface area contributed by atoms with Crippen LogP contribution in [0.5, 0.6) is 11.6 Å². The van der Waals surface area contributed by atoms with Gasteiger partial charge in [-0.25, -0.2) is 9.78 Å². The predicted molar refractivity (Wildman–Crippen MR) is 71.5 cm³/mol. The zero-order valence-corrected chi connectivity index (χ0v) is 10.9. The molecule has 5 heteroatoms. The maximum atomic E-state index is 12.1. The number of pyridine rings is 1. The van der Waals surface area contributed by atoms with E-state index < -0.39 is 5.97 Å². The van der Waals surface area contributed by atoms with Crippen molar-refractivity contribution in [2.45, 2.75) is 6.92 Å². The van der Waals surface area contributed by atoms with Crippen molar-refractivity contribution in [3.05, 3.63) is 53.7 Å². The highest BCUT2D eigenvalue weighted by molar-refractivity contribution is 5.93. The number of aromatic nitrogens is 1. The van der Waals surface area contributed by atoms with E-state index in [1.807, 2.05) is 6.07 Å². The maximum absolute atomic E-state index is 12.1. The van der Waals surface area contributed by atoms with Crippen molar-refractivity contribution in [1.82, 2.24) is 4.98 Å². The fourth-order valence-corrected chi connectivity index (χ4v) is 1.59. The number of esters is 1. The maximum Gasteiger partial charge on any atom is 0.349 e. The average Bonchev–Trinajstić information content (AvgIpc) is 2.48. The summed E-state index contributed by atoms with van der Waals surface area (Å²) in [7, 11) is 0. The second kappa shape index (κ2) is 6.34. The van der Waals surface area contributed by atoms with Crippen molar-refractivity contribution in [1.29, 1.82) is 5.26 Å². The number of carbonyl (C=O) groups is 1. The van der Waals surface area contributed by atoms with Crippen molar-refractivity contribution in [2.75, 3.05) is 6.61 Å². The third kappa shape index (κ3) is 3.12. The number of hydrogen-bond donors (Lipinski definition) is 0. The van der Waals surface area contributed by atoms with E-state index in [2.05, 4.69) is 4.98 Å². The van der Waals surface area contributed by atoms with Crippen LogP contribution in [0.4, 0.5) is 0 Å². The molecule has 0 unspecified atom stereocenters. The van der Waals surface area contributed by atoms with Gasteiger partial charge in [-0.2, -0.15) is 5.26 Å². The molecule has 0 aliphatic rings. The molecule has 0 fully saturated rings. The van der Waals surface area contributed by atoms with Gasteiger partial charge in [0.2, 0.25) is 5.88 Å². The molecule has 0 saturated carbocycles. The highest BCUT2D eigenvalue weighted by atomic mass is 16.5. The summed E-state index contributed by atoms with van der Waals surface area (Å²) in [6.07, 6.45) is 1.54. The van der Waals surface area contributed by atoms with Crippen molar-refractivity contribution < 1.29 is 14.3 Å². The van der Waals surface area contributed by atoms with Crippen LogP contribution < -0.4 is 9.47 Å². The molecular weight excluding hydrogens is 256 g/mol. The Morgan fingerprint density at radius 3 is 2.95 bits per heavy atom. The lowest BCUT2D eigenvalue weighted by Gasteiger charge is -2.08. The van der Waals surface area contributed by atoms with Crippen LogP contribution in [0.3, 0.4) is 0 Å². The minimum absolute atomic E-state index is 0.233. The summed E-state index contributed by atoms with van der Waals surface area (Å²) in [6.45, 7) is 2.21. The Bertz CT molecular complexity index is 662. The third-order valence-electron chi connectivity index (χ3n) is 2.45. The van der Waals surface area contributed by atoms with Gasteiger partial charge in [-0.3, -0.25) is 0 Å². The Kier molecular flexibility index (Phi) is 4.30. The monoisotopic (exact) mass is 268 g/mol. The van der Waals surface area contributed by atoms with E-state index in [0.29, 0.717) is 17.9 Å². The molecular formula is C15H12N2O3. The first-order valence-corrected chi connectivity index (χ1v) is 6.04. The molecule has 0 N–H and O–H groups in total. The van der Waals surface area contributed by atoms with Gasteiger partial charge in [-0.05, 0) is 37.3 Å². The number of carbonyl (C=O) groups excluding carboxylic acids is 1. The lowest BCUT2D eigenvalue weighted by Crippen LogP contribution is -2.11. The van der Waals surface area contributed by atoms with Crippen LogP contribution in [0, 0.1) is 11.3 Å². The quantitative estimate of drug-likeness (QED) is 0.629. The Morgan fingerprint density at radius 2 is 2.20 bits per heavy atom. The summed E-state index contributed by atoms with van der Waals surface area (Å²) >= 11 is 0.